The Hall–Kier alpha value is -0.730. The van der Waals surface area contributed by atoms with Crippen LogP contribution in [0.5, 0.6) is 0 Å². The number of esters is 1. The number of halogens is 2. The summed E-state index contributed by atoms with van der Waals surface area (Å²) in [6.07, 6.45) is 0. The fourth-order valence-electron chi connectivity index (χ4n) is 0.865. The first-order valence-electron chi connectivity index (χ1n) is 3.46. The van der Waals surface area contributed by atoms with Crippen LogP contribution in [0.2, 0.25) is 10.0 Å². The number of carbonyl (C=O) groups excluding carboxylic acids is 1. The largest absolute Gasteiger partial charge is 0.465 e. The van der Waals surface area contributed by atoms with Gasteiger partial charge in [0.25, 0.3) is 0 Å². The Morgan fingerprint density at radius 2 is 2.08 bits per heavy atom. The normalized spacial score (nSPS) is 9.85. The zero-order valence-electron chi connectivity index (χ0n) is 6.93. The third kappa shape index (κ3) is 1.95. The second kappa shape index (κ2) is 3.99. The average Bonchev–Trinajstić information content (AvgIpc) is 2.13. The molecule has 0 spiro atoms. The average molecular weight is 218 g/mol. The Labute approximate surface area is 86.4 Å². The first-order valence-corrected chi connectivity index (χ1v) is 4.21. The van der Waals surface area contributed by atoms with Gasteiger partial charge in [-0.1, -0.05) is 23.2 Å². The van der Waals surface area contributed by atoms with Crippen LogP contribution in [-0.2, 0) is 4.74 Å². The summed E-state index contributed by atoms with van der Waals surface area (Å²) >= 11 is 11.6. The standard InChI is InChI=1S/C9H7Cl2O2/c1-5-7(10)4-3-6(8(5)11)9(12)13-2/h3-4H,1H2,2H3. The van der Waals surface area contributed by atoms with E-state index in [2.05, 4.69) is 11.7 Å². The molecule has 0 aliphatic heterocycles. The minimum absolute atomic E-state index is 0.236. The third-order valence-electron chi connectivity index (χ3n) is 1.59. The van der Waals surface area contributed by atoms with E-state index in [1.165, 1.54) is 13.2 Å². The van der Waals surface area contributed by atoms with Crippen LogP contribution < -0.4 is 0 Å². The Morgan fingerprint density at radius 1 is 1.46 bits per heavy atom. The van der Waals surface area contributed by atoms with Crippen molar-refractivity contribution >= 4 is 29.2 Å². The molecule has 1 rings (SSSR count). The van der Waals surface area contributed by atoms with Crippen LogP contribution in [0.15, 0.2) is 12.1 Å². The van der Waals surface area contributed by atoms with E-state index in [4.69, 9.17) is 23.2 Å². The van der Waals surface area contributed by atoms with Gasteiger partial charge in [-0.15, -0.1) is 0 Å². The van der Waals surface area contributed by atoms with Crippen molar-refractivity contribution in [2.24, 2.45) is 0 Å². The van der Waals surface area contributed by atoms with Crippen LogP contribution in [-0.4, -0.2) is 13.1 Å². The van der Waals surface area contributed by atoms with E-state index in [0.717, 1.165) is 0 Å². The van der Waals surface area contributed by atoms with E-state index in [1.54, 1.807) is 6.07 Å². The van der Waals surface area contributed by atoms with Crippen LogP contribution >= 0.6 is 23.2 Å². The Morgan fingerprint density at radius 3 is 2.62 bits per heavy atom. The summed E-state index contributed by atoms with van der Waals surface area (Å²) in [6.45, 7) is 3.63. The molecule has 0 atom stereocenters. The first kappa shape index (κ1) is 10.4. The SMILES string of the molecule is [CH2]c1c(Cl)ccc(C(=O)OC)c1Cl. The van der Waals surface area contributed by atoms with Gasteiger partial charge in [0.15, 0.2) is 0 Å². The molecule has 0 saturated heterocycles. The van der Waals surface area contributed by atoms with Gasteiger partial charge >= 0.3 is 5.97 Å². The number of benzene rings is 1. The van der Waals surface area contributed by atoms with Crippen LogP contribution in [0.4, 0.5) is 0 Å². The minimum atomic E-state index is -0.494. The van der Waals surface area contributed by atoms with Crippen LogP contribution in [0, 0.1) is 6.92 Å². The zero-order chi connectivity index (χ0) is 10.0. The van der Waals surface area contributed by atoms with E-state index in [9.17, 15) is 4.79 Å². The maximum absolute atomic E-state index is 11.1. The third-order valence-corrected chi connectivity index (χ3v) is 2.38. The lowest BCUT2D eigenvalue weighted by Gasteiger charge is -2.05. The number of hydrogen-bond acceptors (Lipinski definition) is 2. The molecular weight excluding hydrogens is 211 g/mol. The molecule has 0 bridgehead atoms. The molecule has 2 nitrogen and oxygen atoms in total. The molecule has 0 aliphatic carbocycles. The highest BCUT2D eigenvalue weighted by Crippen LogP contribution is 2.27. The highest BCUT2D eigenvalue weighted by atomic mass is 35.5. The van der Waals surface area contributed by atoms with Crippen LogP contribution in [0.25, 0.3) is 0 Å². The highest BCUT2D eigenvalue weighted by Gasteiger charge is 2.13. The molecular formula is C9H7Cl2O2. The fraction of sp³-hybridized carbons (Fsp3) is 0.111. The molecule has 0 saturated carbocycles. The van der Waals surface area contributed by atoms with Gasteiger partial charge < -0.3 is 4.74 Å². The van der Waals surface area contributed by atoms with Crippen LogP contribution in [0.3, 0.4) is 0 Å². The second-order valence-electron chi connectivity index (χ2n) is 2.38. The molecule has 4 heteroatoms. The van der Waals surface area contributed by atoms with Crippen molar-refractivity contribution in [3.63, 3.8) is 0 Å². The Balaban J connectivity index is 3.26. The molecule has 0 aromatic heterocycles. The van der Waals surface area contributed by atoms with Gasteiger partial charge in [-0.25, -0.2) is 4.79 Å². The summed E-state index contributed by atoms with van der Waals surface area (Å²) in [5.41, 5.74) is 0.713. The minimum Gasteiger partial charge on any atom is -0.465 e. The van der Waals surface area contributed by atoms with Crippen molar-refractivity contribution < 1.29 is 9.53 Å². The lowest BCUT2D eigenvalue weighted by atomic mass is 10.1. The predicted octanol–water partition coefficient (Wildman–Crippen LogP) is 2.96. The summed E-state index contributed by atoms with van der Waals surface area (Å²) in [5.74, 6) is -0.494. The molecule has 0 N–H and O–H groups in total. The number of ether oxygens (including phenoxy) is 1. The van der Waals surface area contributed by atoms with Gasteiger partial charge in [-0.05, 0) is 24.6 Å². The number of hydrogen-bond donors (Lipinski definition) is 0. The molecule has 13 heavy (non-hydrogen) atoms. The molecule has 0 aliphatic rings. The monoisotopic (exact) mass is 217 g/mol. The predicted molar refractivity (Wildman–Crippen MR) is 52.3 cm³/mol. The summed E-state index contributed by atoms with van der Waals surface area (Å²) in [7, 11) is 1.29. The van der Waals surface area contributed by atoms with Gasteiger partial charge in [-0.2, -0.15) is 0 Å². The summed E-state index contributed by atoms with van der Waals surface area (Å²) in [6, 6.07) is 3.06. The lowest BCUT2D eigenvalue weighted by Crippen LogP contribution is -2.02. The van der Waals surface area contributed by atoms with E-state index >= 15 is 0 Å². The summed E-state index contributed by atoms with van der Waals surface area (Å²) in [5, 5.41) is 0.664. The highest BCUT2D eigenvalue weighted by molar-refractivity contribution is 6.38. The van der Waals surface area contributed by atoms with E-state index in [0.29, 0.717) is 10.6 Å². The Kier molecular flexibility index (Phi) is 3.17. The van der Waals surface area contributed by atoms with Crippen molar-refractivity contribution in [3.05, 3.63) is 40.2 Å². The van der Waals surface area contributed by atoms with Crippen LogP contribution in [0.1, 0.15) is 15.9 Å². The van der Waals surface area contributed by atoms with Gasteiger partial charge in [0.05, 0.1) is 17.7 Å². The molecule has 0 unspecified atom stereocenters. The zero-order valence-corrected chi connectivity index (χ0v) is 8.45. The molecule has 0 fully saturated rings. The quantitative estimate of drug-likeness (QED) is 0.677. The number of rotatable bonds is 1. The number of methoxy groups -OCH3 is 1. The van der Waals surface area contributed by atoms with Crippen molar-refractivity contribution in [1.29, 1.82) is 0 Å². The molecule has 0 amide bonds. The summed E-state index contributed by atoms with van der Waals surface area (Å²) in [4.78, 5) is 11.1. The van der Waals surface area contributed by atoms with E-state index < -0.39 is 5.97 Å². The number of carbonyl (C=O) groups is 1. The smallest absolute Gasteiger partial charge is 0.339 e. The first-order chi connectivity index (χ1) is 6.07. The van der Waals surface area contributed by atoms with Gasteiger partial charge in [-0.3, -0.25) is 0 Å². The van der Waals surface area contributed by atoms with E-state index in [1.807, 2.05) is 0 Å². The molecule has 1 aromatic rings. The van der Waals surface area contributed by atoms with Crippen molar-refractivity contribution in [1.82, 2.24) is 0 Å². The van der Waals surface area contributed by atoms with Gasteiger partial charge in [0, 0.05) is 5.02 Å². The topological polar surface area (TPSA) is 26.3 Å². The molecule has 0 heterocycles. The van der Waals surface area contributed by atoms with Crippen molar-refractivity contribution in [2.45, 2.75) is 0 Å². The summed E-state index contributed by atoms with van der Waals surface area (Å²) < 4.78 is 4.52. The van der Waals surface area contributed by atoms with Crippen molar-refractivity contribution in [3.8, 4) is 0 Å². The van der Waals surface area contributed by atoms with Gasteiger partial charge in [0.2, 0.25) is 0 Å². The lowest BCUT2D eigenvalue weighted by molar-refractivity contribution is 0.0601. The molecule has 1 radical (unpaired) electrons. The molecule has 1 aromatic carbocycles. The Bertz CT molecular complexity index is 348. The van der Waals surface area contributed by atoms with Gasteiger partial charge in [0.1, 0.15) is 0 Å². The maximum Gasteiger partial charge on any atom is 0.339 e. The van der Waals surface area contributed by atoms with E-state index in [-0.39, 0.29) is 10.6 Å². The second-order valence-corrected chi connectivity index (χ2v) is 3.16. The fourth-order valence-corrected chi connectivity index (χ4v) is 1.31. The molecule has 69 valence electrons. The maximum atomic E-state index is 11.1. The van der Waals surface area contributed by atoms with Crippen molar-refractivity contribution in [2.75, 3.05) is 7.11 Å².